The van der Waals surface area contributed by atoms with Crippen LogP contribution in [-0.2, 0) is 9.59 Å². The lowest BCUT2D eigenvalue weighted by atomic mass is 9.91. The summed E-state index contributed by atoms with van der Waals surface area (Å²) in [4.78, 5) is 60.3. The van der Waals surface area contributed by atoms with E-state index < -0.39 is 0 Å². The molecular formula is C38H44N12O3. The first kappa shape index (κ1) is 33.3. The van der Waals surface area contributed by atoms with Crippen LogP contribution in [0.3, 0.4) is 0 Å². The number of piperazine rings is 1. The number of hydrogen-bond donors (Lipinski definition) is 2. The molecule has 53 heavy (non-hydrogen) atoms. The number of piperidine rings is 1. The van der Waals surface area contributed by atoms with Gasteiger partial charge in [-0.3, -0.25) is 24.6 Å². The van der Waals surface area contributed by atoms with Gasteiger partial charge in [0.15, 0.2) is 0 Å². The van der Waals surface area contributed by atoms with E-state index in [1.165, 1.54) is 0 Å². The molecule has 0 radical (unpaired) electrons. The molecule has 9 rings (SSSR count). The Morgan fingerprint density at radius 3 is 2.45 bits per heavy atom. The largest absolute Gasteiger partial charge is 0.368 e. The van der Waals surface area contributed by atoms with Gasteiger partial charge in [-0.1, -0.05) is 18.9 Å². The van der Waals surface area contributed by atoms with Gasteiger partial charge in [-0.2, -0.15) is 10.1 Å². The number of pyridine rings is 2. The molecule has 5 aromatic heterocycles. The Labute approximate surface area is 307 Å². The summed E-state index contributed by atoms with van der Waals surface area (Å²) in [7, 11) is 3.56. The maximum atomic E-state index is 13.1. The van der Waals surface area contributed by atoms with E-state index in [0.29, 0.717) is 36.3 Å². The lowest BCUT2D eigenvalue weighted by Crippen LogP contribution is -2.63. The molecule has 1 atom stereocenters. The fourth-order valence-electron chi connectivity index (χ4n) is 8.49. The molecule has 0 bridgehead atoms. The predicted molar refractivity (Wildman–Crippen MR) is 201 cm³/mol. The number of rotatable bonds is 8. The number of carbonyl (C=O) groups is 3. The molecule has 8 heterocycles. The molecule has 3 aliphatic heterocycles. The third kappa shape index (κ3) is 6.11. The number of carbonyl (C=O) groups excluding carboxylic acids is 3. The van der Waals surface area contributed by atoms with Gasteiger partial charge in [0.2, 0.25) is 17.8 Å². The van der Waals surface area contributed by atoms with Crippen molar-refractivity contribution in [3.8, 4) is 0 Å². The molecule has 5 aromatic rings. The summed E-state index contributed by atoms with van der Waals surface area (Å²) in [6, 6.07) is 12.8. The SMILES string of the molecule is CN(C)C(=O)c1cc2cnc(Nc3ccc(N4CCN(C5CN(c6cccc7c(C8CCC(=O)NC8=O)cnn67)C5)CC4)cn3)nc2n1C1CCCC1. The zero-order chi connectivity index (χ0) is 36.2. The van der Waals surface area contributed by atoms with Crippen molar-refractivity contribution in [1.82, 2.24) is 44.2 Å². The third-order valence-electron chi connectivity index (χ3n) is 11.4. The summed E-state index contributed by atoms with van der Waals surface area (Å²) in [5, 5.41) is 11.3. The van der Waals surface area contributed by atoms with E-state index in [1.54, 1.807) is 31.4 Å². The van der Waals surface area contributed by atoms with Gasteiger partial charge in [-0.15, -0.1) is 0 Å². The van der Waals surface area contributed by atoms with Crippen LogP contribution in [0.5, 0.6) is 0 Å². The molecule has 274 valence electrons. The van der Waals surface area contributed by atoms with Gasteiger partial charge in [-0.25, -0.2) is 14.5 Å². The number of fused-ring (bicyclic) bond motifs is 2. The molecule has 0 aromatic carbocycles. The van der Waals surface area contributed by atoms with Crippen molar-refractivity contribution in [2.24, 2.45) is 0 Å². The Morgan fingerprint density at radius 2 is 1.72 bits per heavy atom. The first-order valence-corrected chi connectivity index (χ1v) is 18.7. The van der Waals surface area contributed by atoms with E-state index >= 15 is 0 Å². The topological polar surface area (TPSA) is 149 Å². The quantitative estimate of drug-likeness (QED) is 0.227. The molecule has 4 aliphatic rings. The van der Waals surface area contributed by atoms with Crippen molar-refractivity contribution in [3.63, 3.8) is 0 Å². The van der Waals surface area contributed by atoms with E-state index in [9.17, 15) is 14.4 Å². The van der Waals surface area contributed by atoms with Crippen LogP contribution in [0.4, 0.5) is 23.3 Å². The van der Waals surface area contributed by atoms with E-state index in [-0.39, 0.29) is 29.7 Å². The van der Waals surface area contributed by atoms with Crippen LogP contribution < -0.4 is 20.4 Å². The van der Waals surface area contributed by atoms with Crippen LogP contribution >= 0.6 is 0 Å². The second-order valence-electron chi connectivity index (χ2n) is 14.9. The van der Waals surface area contributed by atoms with Crippen molar-refractivity contribution >= 4 is 57.5 Å². The third-order valence-corrected chi connectivity index (χ3v) is 11.4. The summed E-state index contributed by atoms with van der Waals surface area (Å²) < 4.78 is 4.05. The summed E-state index contributed by atoms with van der Waals surface area (Å²) in [6.07, 6.45) is 10.7. The monoisotopic (exact) mass is 716 g/mol. The Balaban J connectivity index is 0.811. The molecule has 1 unspecified atom stereocenters. The molecule has 3 amide bonds. The highest BCUT2D eigenvalue weighted by Gasteiger charge is 2.36. The molecular weight excluding hydrogens is 672 g/mol. The number of anilines is 4. The fraction of sp³-hybridized carbons (Fsp3) is 0.447. The molecule has 0 spiro atoms. The molecule has 1 saturated carbocycles. The number of nitrogens with zero attached hydrogens (tertiary/aromatic N) is 10. The van der Waals surface area contributed by atoms with Gasteiger partial charge in [0.1, 0.15) is 23.0 Å². The van der Waals surface area contributed by atoms with Gasteiger partial charge in [0.25, 0.3) is 5.91 Å². The van der Waals surface area contributed by atoms with Gasteiger partial charge in [0, 0.05) is 89.0 Å². The van der Waals surface area contributed by atoms with Gasteiger partial charge in [0.05, 0.1) is 29.5 Å². The smallest absolute Gasteiger partial charge is 0.270 e. The molecule has 15 nitrogen and oxygen atoms in total. The maximum Gasteiger partial charge on any atom is 0.270 e. The van der Waals surface area contributed by atoms with Gasteiger partial charge >= 0.3 is 0 Å². The average Bonchev–Trinajstić information content (AvgIpc) is 3.91. The second-order valence-corrected chi connectivity index (χ2v) is 14.9. The van der Waals surface area contributed by atoms with E-state index in [0.717, 1.165) is 98.6 Å². The van der Waals surface area contributed by atoms with Gasteiger partial charge < -0.3 is 24.6 Å². The minimum Gasteiger partial charge on any atom is -0.368 e. The highest BCUT2D eigenvalue weighted by Crippen LogP contribution is 2.35. The lowest BCUT2D eigenvalue weighted by molar-refractivity contribution is -0.134. The highest BCUT2D eigenvalue weighted by molar-refractivity contribution is 6.01. The Bertz CT molecular complexity index is 2190. The predicted octanol–water partition coefficient (Wildman–Crippen LogP) is 3.57. The Kier molecular flexibility index (Phi) is 8.44. The van der Waals surface area contributed by atoms with Gasteiger partial charge in [-0.05, 0) is 49.6 Å². The zero-order valence-corrected chi connectivity index (χ0v) is 30.1. The van der Waals surface area contributed by atoms with Crippen molar-refractivity contribution in [2.75, 3.05) is 68.5 Å². The summed E-state index contributed by atoms with van der Waals surface area (Å²) in [5.41, 5.74) is 4.31. The van der Waals surface area contributed by atoms with Crippen molar-refractivity contribution in [3.05, 3.63) is 66.2 Å². The van der Waals surface area contributed by atoms with Crippen LogP contribution in [0.1, 0.15) is 66.5 Å². The Hall–Kier alpha value is -5.57. The molecule has 15 heteroatoms. The number of nitrogens with one attached hydrogen (secondary N) is 2. The lowest BCUT2D eigenvalue weighted by Gasteiger charge is -2.49. The first-order chi connectivity index (χ1) is 25.8. The maximum absolute atomic E-state index is 13.1. The normalized spacial score (nSPS) is 20.3. The molecule has 4 fully saturated rings. The number of hydrogen-bond acceptors (Lipinski definition) is 11. The summed E-state index contributed by atoms with van der Waals surface area (Å²) >= 11 is 0. The minimum atomic E-state index is -0.358. The highest BCUT2D eigenvalue weighted by atomic mass is 16.2. The molecule has 3 saturated heterocycles. The van der Waals surface area contributed by atoms with Crippen LogP contribution in [0.2, 0.25) is 0 Å². The van der Waals surface area contributed by atoms with Crippen molar-refractivity contribution in [2.45, 2.75) is 56.5 Å². The number of aromatic nitrogens is 6. The van der Waals surface area contributed by atoms with Crippen LogP contribution in [0.15, 0.2) is 55.0 Å². The molecule has 1 aliphatic carbocycles. The molecule has 2 N–H and O–H groups in total. The van der Waals surface area contributed by atoms with Crippen molar-refractivity contribution in [1.29, 1.82) is 0 Å². The number of amides is 3. The van der Waals surface area contributed by atoms with Crippen LogP contribution in [0, 0.1) is 0 Å². The summed E-state index contributed by atoms with van der Waals surface area (Å²) in [6.45, 7) is 5.61. The average molecular weight is 717 g/mol. The fourth-order valence-corrected chi connectivity index (χ4v) is 8.49. The van der Waals surface area contributed by atoms with E-state index in [4.69, 9.17) is 9.97 Å². The Morgan fingerprint density at radius 1 is 0.906 bits per heavy atom. The number of imide groups is 1. The van der Waals surface area contributed by atoms with Crippen LogP contribution in [0.25, 0.3) is 16.6 Å². The van der Waals surface area contributed by atoms with Crippen molar-refractivity contribution < 1.29 is 14.4 Å². The first-order valence-electron chi connectivity index (χ1n) is 18.7. The van der Waals surface area contributed by atoms with E-state index in [2.05, 4.69) is 52.1 Å². The second kappa shape index (κ2) is 13.4. The van der Waals surface area contributed by atoms with E-state index in [1.807, 2.05) is 35.0 Å². The standard InChI is InChI=1S/C38H44N12O3/c1-45(2)37(53)31-18-24-19-40-38(44-35(24)49(31)25-6-3-4-7-25)42-32-12-10-26(20-39-32)46-14-16-47(17-15-46)27-22-48(23-27)34-9-5-8-30-29(21-41-50(30)34)28-11-13-33(51)43-36(28)52/h5,8-10,12,18-21,25,27-28H,3-4,6-7,11,13-17,22-23H2,1-2H3,(H,43,51,52)(H,39,40,42,44). The minimum absolute atomic E-state index is 0.0242. The zero-order valence-electron chi connectivity index (χ0n) is 30.1. The van der Waals surface area contributed by atoms with Crippen LogP contribution in [-0.4, -0.2) is 116 Å². The summed E-state index contributed by atoms with van der Waals surface area (Å²) in [5.74, 6) is 1.32.